The van der Waals surface area contributed by atoms with Crippen LogP contribution in [-0.2, 0) is 5.41 Å². The fourth-order valence-electron chi connectivity index (χ4n) is 2.65. The summed E-state index contributed by atoms with van der Waals surface area (Å²) in [6, 6.07) is 14.7. The highest BCUT2D eigenvalue weighted by molar-refractivity contribution is 7.80. The SMILES string of the molecule is C[C@H](CC(C)(C)c1ccccc1)NC(=S)Nc1ccncc1. The van der Waals surface area contributed by atoms with Crippen LogP contribution >= 0.6 is 12.2 Å². The molecule has 1 heterocycles. The summed E-state index contributed by atoms with van der Waals surface area (Å²) in [5.41, 5.74) is 2.39. The van der Waals surface area contributed by atoms with Gasteiger partial charge in [-0.05, 0) is 48.7 Å². The molecule has 2 aromatic rings. The van der Waals surface area contributed by atoms with E-state index in [1.54, 1.807) is 12.4 Å². The van der Waals surface area contributed by atoms with E-state index in [0.717, 1.165) is 12.1 Å². The summed E-state index contributed by atoms with van der Waals surface area (Å²) in [5, 5.41) is 7.17. The Morgan fingerprint density at radius 2 is 1.77 bits per heavy atom. The van der Waals surface area contributed by atoms with Crippen molar-refractivity contribution in [3.63, 3.8) is 0 Å². The first-order chi connectivity index (χ1) is 10.5. The van der Waals surface area contributed by atoms with E-state index in [-0.39, 0.29) is 11.5 Å². The molecule has 0 aliphatic carbocycles. The zero-order valence-electron chi connectivity index (χ0n) is 13.3. The Hall–Kier alpha value is -1.94. The highest BCUT2D eigenvalue weighted by atomic mass is 32.1. The van der Waals surface area contributed by atoms with Gasteiger partial charge < -0.3 is 10.6 Å². The van der Waals surface area contributed by atoms with Crippen LogP contribution in [0.2, 0.25) is 0 Å². The van der Waals surface area contributed by atoms with E-state index in [0.29, 0.717) is 5.11 Å². The zero-order chi connectivity index (χ0) is 16.0. The highest BCUT2D eigenvalue weighted by Gasteiger charge is 2.23. The maximum Gasteiger partial charge on any atom is 0.170 e. The molecule has 0 spiro atoms. The van der Waals surface area contributed by atoms with Crippen molar-refractivity contribution in [3.8, 4) is 0 Å². The van der Waals surface area contributed by atoms with Crippen LogP contribution < -0.4 is 10.6 Å². The summed E-state index contributed by atoms with van der Waals surface area (Å²) in [6.07, 6.45) is 4.48. The normalized spacial score (nSPS) is 12.5. The molecule has 0 unspecified atom stereocenters. The van der Waals surface area contributed by atoms with Crippen LogP contribution in [0.15, 0.2) is 54.9 Å². The molecule has 0 radical (unpaired) electrons. The Kier molecular flexibility index (Phi) is 5.50. The van der Waals surface area contributed by atoms with Gasteiger partial charge in [-0.15, -0.1) is 0 Å². The van der Waals surface area contributed by atoms with E-state index in [4.69, 9.17) is 12.2 Å². The van der Waals surface area contributed by atoms with Gasteiger partial charge in [0.25, 0.3) is 0 Å². The van der Waals surface area contributed by atoms with Crippen molar-refractivity contribution >= 4 is 23.0 Å². The van der Waals surface area contributed by atoms with E-state index >= 15 is 0 Å². The molecule has 1 aromatic carbocycles. The van der Waals surface area contributed by atoms with E-state index in [2.05, 4.69) is 66.7 Å². The quantitative estimate of drug-likeness (QED) is 0.814. The van der Waals surface area contributed by atoms with E-state index < -0.39 is 0 Å². The van der Waals surface area contributed by atoms with Gasteiger partial charge in [-0.1, -0.05) is 44.2 Å². The van der Waals surface area contributed by atoms with Crippen molar-refractivity contribution in [1.29, 1.82) is 0 Å². The Morgan fingerprint density at radius 3 is 2.41 bits per heavy atom. The lowest BCUT2D eigenvalue weighted by molar-refractivity contribution is 0.420. The van der Waals surface area contributed by atoms with Crippen molar-refractivity contribution in [2.75, 3.05) is 5.32 Å². The third-order valence-electron chi connectivity index (χ3n) is 3.69. The molecular formula is C18H23N3S. The van der Waals surface area contributed by atoms with Crippen LogP contribution in [0.4, 0.5) is 5.69 Å². The van der Waals surface area contributed by atoms with Crippen LogP contribution in [0.25, 0.3) is 0 Å². The predicted octanol–water partition coefficient (Wildman–Crippen LogP) is 4.12. The third-order valence-corrected chi connectivity index (χ3v) is 3.91. The van der Waals surface area contributed by atoms with Gasteiger partial charge in [0.1, 0.15) is 0 Å². The molecule has 0 aliphatic rings. The number of nitrogens with zero attached hydrogens (tertiary/aromatic N) is 1. The van der Waals surface area contributed by atoms with E-state index in [9.17, 15) is 0 Å². The maximum atomic E-state index is 5.38. The minimum atomic E-state index is 0.0972. The molecule has 4 heteroatoms. The number of benzene rings is 1. The first kappa shape index (κ1) is 16.4. The summed E-state index contributed by atoms with van der Waals surface area (Å²) in [4.78, 5) is 3.99. The minimum Gasteiger partial charge on any atom is -0.360 e. The Bertz CT molecular complexity index is 596. The first-order valence-corrected chi connectivity index (χ1v) is 7.91. The van der Waals surface area contributed by atoms with Crippen LogP contribution in [0.1, 0.15) is 32.8 Å². The predicted molar refractivity (Wildman–Crippen MR) is 97.1 cm³/mol. The number of thiocarbonyl (C=S) groups is 1. The minimum absolute atomic E-state index is 0.0972. The van der Waals surface area contributed by atoms with Crippen molar-refractivity contribution < 1.29 is 0 Å². The third kappa shape index (κ3) is 4.81. The summed E-state index contributed by atoms with van der Waals surface area (Å²) >= 11 is 5.38. The van der Waals surface area contributed by atoms with Crippen LogP contribution in [-0.4, -0.2) is 16.1 Å². The molecule has 3 nitrogen and oxygen atoms in total. The van der Waals surface area contributed by atoms with Gasteiger partial charge in [0.05, 0.1) is 0 Å². The van der Waals surface area contributed by atoms with Crippen LogP contribution in [0.5, 0.6) is 0 Å². The summed E-state index contributed by atoms with van der Waals surface area (Å²) in [7, 11) is 0. The summed E-state index contributed by atoms with van der Waals surface area (Å²) in [6.45, 7) is 6.69. The number of aromatic nitrogens is 1. The van der Waals surface area contributed by atoms with Gasteiger partial charge in [-0.2, -0.15) is 0 Å². The second kappa shape index (κ2) is 7.36. The lowest BCUT2D eigenvalue weighted by Crippen LogP contribution is -2.39. The molecule has 0 amide bonds. The fraction of sp³-hybridized carbons (Fsp3) is 0.333. The van der Waals surface area contributed by atoms with Gasteiger partial charge in [-0.3, -0.25) is 4.98 Å². The van der Waals surface area contributed by atoms with E-state index in [1.165, 1.54) is 5.56 Å². The van der Waals surface area contributed by atoms with Crippen molar-refractivity contribution in [2.45, 2.75) is 38.6 Å². The Morgan fingerprint density at radius 1 is 1.14 bits per heavy atom. The Balaban J connectivity index is 1.89. The number of rotatable bonds is 5. The fourth-order valence-corrected chi connectivity index (χ4v) is 2.97. The van der Waals surface area contributed by atoms with Gasteiger partial charge in [0.2, 0.25) is 0 Å². The summed E-state index contributed by atoms with van der Waals surface area (Å²) in [5.74, 6) is 0. The second-order valence-corrected chi connectivity index (χ2v) is 6.60. The first-order valence-electron chi connectivity index (χ1n) is 7.50. The van der Waals surface area contributed by atoms with Crippen LogP contribution in [0, 0.1) is 0 Å². The molecule has 22 heavy (non-hydrogen) atoms. The Labute approximate surface area is 138 Å². The molecule has 0 saturated heterocycles. The molecular weight excluding hydrogens is 290 g/mol. The average Bonchev–Trinajstić information content (AvgIpc) is 2.48. The van der Waals surface area contributed by atoms with Gasteiger partial charge >= 0.3 is 0 Å². The zero-order valence-corrected chi connectivity index (χ0v) is 14.2. The second-order valence-electron chi connectivity index (χ2n) is 6.19. The van der Waals surface area contributed by atoms with Gasteiger partial charge in [0, 0.05) is 24.1 Å². The van der Waals surface area contributed by atoms with Gasteiger partial charge in [0.15, 0.2) is 5.11 Å². The molecule has 0 aliphatic heterocycles. The summed E-state index contributed by atoms with van der Waals surface area (Å²) < 4.78 is 0. The van der Waals surface area contributed by atoms with E-state index in [1.807, 2.05) is 12.1 Å². The van der Waals surface area contributed by atoms with Gasteiger partial charge in [-0.25, -0.2) is 0 Å². The molecule has 0 fully saturated rings. The van der Waals surface area contributed by atoms with Crippen molar-refractivity contribution in [3.05, 3.63) is 60.4 Å². The lowest BCUT2D eigenvalue weighted by Gasteiger charge is -2.29. The van der Waals surface area contributed by atoms with Crippen molar-refractivity contribution in [1.82, 2.24) is 10.3 Å². The number of pyridine rings is 1. The smallest absolute Gasteiger partial charge is 0.170 e. The molecule has 0 saturated carbocycles. The number of anilines is 1. The maximum absolute atomic E-state index is 5.38. The van der Waals surface area contributed by atoms with Crippen molar-refractivity contribution in [2.24, 2.45) is 0 Å². The molecule has 0 bridgehead atoms. The number of hydrogen-bond donors (Lipinski definition) is 2. The monoisotopic (exact) mass is 313 g/mol. The largest absolute Gasteiger partial charge is 0.360 e. The standard InChI is InChI=1S/C18H23N3S/c1-14(13-18(2,3)15-7-5-4-6-8-15)20-17(22)21-16-9-11-19-12-10-16/h4-12,14H,13H2,1-3H3,(H2,19,20,21,22)/t14-/m1/s1. The van der Waals surface area contributed by atoms with Crippen LogP contribution in [0.3, 0.4) is 0 Å². The molecule has 2 rings (SSSR count). The topological polar surface area (TPSA) is 37.0 Å². The molecule has 2 N–H and O–H groups in total. The molecule has 1 atom stereocenters. The number of nitrogens with one attached hydrogen (secondary N) is 2. The highest BCUT2D eigenvalue weighted by Crippen LogP contribution is 2.28. The average molecular weight is 313 g/mol. The molecule has 116 valence electrons. The number of hydrogen-bond acceptors (Lipinski definition) is 2. The lowest BCUT2D eigenvalue weighted by atomic mass is 9.79. The molecule has 1 aromatic heterocycles.